The summed E-state index contributed by atoms with van der Waals surface area (Å²) in [6.07, 6.45) is 0. The standard InChI is InChI=1S/C12H18F2N2/c1-8-4-5-11(13)10(12(8)14)7-16-9(2)6-15-3/h4-5,9,15-16H,6-7H2,1-3H3. The number of nitrogens with one attached hydrogen (secondary N) is 2. The second-order valence-electron chi connectivity index (χ2n) is 4.00. The number of likely N-dealkylation sites (N-methyl/N-ethyl adjacent to an activating group) is 1. The molecule has 0 amide bonds. The van der Waals surface area contributed by atoms with E-state index in [2.05, 4.69) is 10.6 Å². The molecule has 1 aromatic carbocycles. The van der Waals surface area contributed by atoms with Crippen molar-refractivity contribution >= 4 is 0 Å². The number of aryl methyl sites for hydroxylation is 1. The summed E-state index contributed by atoms with van der Waals surface area (Å²) >= 11 is 0. The third-order valence-corrected chi connectivity index (χ3v) is 2.52. The maximum absolute atomic E-state index is 13.6. The Hall–Kier alpha value is -1.00. The first-order valence-electron chi connectivity index (χ1n) is 5.37. The van der Waals surface area contributed by atoms with Crippen LogP contribution in [0.25, 0.3) is 0 Å². The van der Waals surface area contributed by atoms with Crippen molar-refractivity contribution in [3.63, 3.8) is 0 Å². The van der Waals surface area contributed by atoms with Gasteiger partial charge in [-0.3, -0.25) is 0 Å². The maximum atomic E-state index is 13.6. The highest BCUT2D eigenvalue weighted by Crippen LogP contribution is 2.16. The third kappa shape index (κ3) is 3.25. The zero-order chi connectivity index (χ0) is 12.1. The molecule has 0 saturated carbocycles. The molecule has 16 heavy (non-hydrogen) atoms. The number of halogens is 2. The van der Waals surface area contributed by atoms with Crippen molar-refractivity contribution in [1.82, 2.24) is 10.6 Å². The fourth-order valence-electron chi connectivity index (χ4n) is 1.53. The molecule has 0 spiro atoms. The van der Waals surface area contributed by atoms with Crippen LogP contribution in [0, 0.1) is 18.6 Å². The smallest absolute Gasteiger partial charge is 0.133 e. The molecule has 2 N–H and O–H groups in total. The fourth-order valence-corrected chi connectivity index (χ4v) is 1.53. The zero-order valence-electron chi connectivity index (χ0n) is 9.90. The van der Waals surface area contributed by atoms with Gasteiger partial charge in [-0.15, -0.1) is 0 Å². The molecule has 90 valence electrons. The summed E-state index contributed by atoms with van der Waals surface area (Å²) in [7, 11) is 1.84. The highest BCUT2D eigenvalue weighted by Gasteiger charge is 2.11. The van der Waals surface area contributed by atoms with Gasteiger partial charge in [0.05, 0.1) is 0 Å². The highest BCUT2D eigenvalue weighted by molar-refractivity contribution is 5.26. The summed E-state index contributed by atoms with van der Waals surface area (Å²) in [5, 5.41) is 6.06. The largest absolute Gasteiger partial charge is 0.318 e. The van der Waals surface area contributed by atoms with E-state index in [4.69, 9.17) is 0 Å². The van der Waals surface area contributed by atoms with Gasteiger partial charge >= 0.3 is 0 Å². The van der Waals surface area contributed by atoms with Gasteiger partial charge in [-0.25, -0.2) is 8.78 Å². The quantitative estimate of drug-likeness (QED) is 0.805. The van der Waals surface area contributed by atoms with Crippen LogP contribution in [-0.4, -0.2) is 19.6 Å². The summed E-state index contributed by atoms with van der Waals surface area (Å²) in [5.41, 5.74) is 0.586. The van der Waals surface area contributed by atoms with E-state index in [1.807, 2.05) is 14.0 Å². The Morgan fingerprint density at radius 1 is 1.31 bits per heavy atom. The van der Waals surface area contributed by atoms with Crippen molar-refractivity contribution in [2.45, 2.75) is 26.4 Å². The molecular formula is C12H18F2N2. The van der Waals surface area contributed by atoms with Crippen LogP contribution in [0.15, 0.2) is 12.1 Å². The molecule has 1 aromatic rings. The Morgan fingerprint density at radius 3 is 2.62 bits per heavy atom. The van der Waals surface area contributed by atoms with E-state index in [1.165, 1.54) is 12.1 Å². The SMILES string of the molecule is CNCC(C)NCc1c(F)ccc(C)c1F. The topological polar surface area (TPSA) is 24.1 Å². The number of hydrogen-bond acceptors (Lipinski definition) is 2. The van der Waals surface area contributed by atoms with Crippen LogP contribution in [0.4, 0.5) is 8.78 Å². The van der Waals surface area contributed by atoms with Crippen molar-refractivity contribution in [1.29, 1.82) is 0 Å². The Kier molecular flexibility index (Phi) is 4.83. The van der Waals surface area contributed by atoms with E-state index < -0.39 is 11.6 Å². The summed E-state index contributed by atoms with van der Waals surface area (Å²) in [6.45, 7) is 4.56. The van der Waals surface area contributed by atoms with Crippen LogP contribution in [0.5, 0.6) is 0 Å². The first-order valence-corrected chi connectivity index (χ1v) is 5.37. The van der Waals surface area contributed by atoms with Crippen molar-refractivity contribution < 1.29 is 8.78 Å². The van der Waals surface area contributed by atoms with Crippen LogP contribution in [-0.2, 0) is 6.54 Å². The molecule has 0 heterocycles. The van der Waals surface area contributed by atoms with E-state index >= 15 is 0 Å². The lowest BCUT2D eigenvalue weighted by Gasteiger charge is -2.14. The van der Waals surface area contributed by atoms with Gasteiger partial charge in [-0.1, -0.05) is 6.07 Å². The van der Waals surface area contributed by atoms with Gasteiger partial charge in [0.15, 0.2) is 0 Å². The third-order valence-electron chi connectivity index (χ3n) is 2.52. The normalized spacial score (nSPS) is 12.8. The summed E-state index contributed by atoms with van der Waals surface area (Å²) < 4.78 is 27.0. The first kappa shape index (κ1) is 13.1. The second kappa shape index (κ2) is 5.92. The molecule has 4 heteroatoms. The lowest BCUT2D eigenvalue weighted by molar-refractivity contribution is 0.486. The van der Waals surface area contributed by atoms with Gasteiger partial charge in [-0.2, -0.15) is 0 Å². The highest BCUT2D eigenvalue weighted by atomic mass is 19.1. The second-order valence-corrected chi connectivity index (χ2v) is 4.00. The first-order chi connectivity index (χ1) is 7.56. The average Bonchev–Trinajstić information content (AvgIpc) is 2.24. The van der Waals surface area contributed by atoms with Gasteiger partial charge in [0.25, 0.3) is 0 Å². The lowest BCUT2D eigenvalue weighted by Crippen LogP contribution is -2.34. The Balaban J connectivity index is 2.70. The van der Waals surface area contributed by atoms with Crippen LogP contribution in [0.1, 0.15) is 18.1 Å². The monoisotopic (exact) mass is 228 g/mol. The van der Waals surface area contributed by atoms with Gasteiger partial charge in [0, 0.05) is 24.7 Å². The summed E-state index contributed by atoms with van der Waals surface area (Å²) in [6, 6.07) is 2.92. The molecule has 0 aliphatic carbocycles. The molecule has 1 rings (SSSR count). The molecular weight excluding hydrogens is 210 g/mol. The van der Waals surface area contributed by atoms with E-state index in [0.717, 1.165) is 6.54 Å². The molecule has 0 aromatic heterocycles. The molecule has 0 aliphatic rings. The summed E-state index contributed by atoms with van der Waals surface area (Å²) in [4.78, 5) is 0. The van der Waals surface area contributed by atoms with Gasteiger partial charge < -0.3 is 10.6 Å². The molecule has 1 atom stereocenters. The molecule has 0 fully saturated rings. The Bertz CT molecular complexity index is 353. The number of rotatable bonds is 5. The molecule has 1 unspecified atom stereocenters. The Morgan fingerprint density at radius 2 is 2.00 bits per heavy atom. The predicted octanol–water partition coefficient (Wildman–Crippen LogP) is 1.97. The van der Waals surface area contributed by atoms with E-state index in [9.17, 15) is 8.78 Å². The van der Waals surface area contributed by atoms with E-state index in [-0.39, 0.29) is 18.2 Å². The fraction of sp³-hybridized carbons (Fsp3) is 0.500. The zero-order valence-corrected chi connectivity index (χ0v) is 9.90. The predicted molar refractivity (Wildman–Crippen MR) is 61.3 cm³/mol. The van der Waals surface area contributed by atoms with E-state index in [0.29, 0.717) is 5.56 Å². The molecule has 0 radical (unpaired) electrons. The minimum absolute atomic E-state index is 0.114. The van der Waals surface area contributed by atoms with Crippen molar-refractivity contribution in [3.8, 4) is 0 Å². The number of benzene rings is 1. The van der Waals surface area contributed by atoms with Gasteiger partial charge in [-0.05, 0) is 32.5 Å². The van der Waals surface area contributed by atoms with Crippen molar-refractivity contribution in [3.05, 3.63) is 34.9 Å². The Labute approximate surface area is 95.1 Å². The molecule has 0 aliphatic heterocycles. The minimum Gasteiger partial charge on any atom is -0.318 e. The number of hydrogen-bond donors (Lipinski definition) is 2. The molecule has 0 saturated heterocycles. The average molecular weight is 228 g/mol. The van der Waals surface area contributed by atoms with Crippen molar-refractivity contribution in [2.24, 2.45) is 0 Å². The van der Waals surface area contributed by atoms with Crippen LogP contribution in [0.3, 0.4) is 0 Å². The van der Waals surface area contributed by atoms with E-state index in [1.54, 1.807) is 6.92 Å². The van der Waals surface area contributed by atoms with Crippen molar-refractivity contribution in [2.75, 3.05) is 13.6 Å². The van der Waals surface area contributed by atoms with Gasteiger partial charge in [0.1, 0.15) is 11.6 Å². The molecule has 0 bridgehead atoms. The molecule has 2 nitrogen and oxygen atoms in total. The van der Waals surface area contributed by atoms with Crippen LogP contribution < -0.4 is 10.6 Å². The summed E-state index contributed by atoms with van der Waals surface area (Å²) in [5.74, 6) is -0.948. The maximum Gasteiger partial charge on any atom is 0.133 e. The van der Waals surface area contributed by atoms with Gasteiger partial charge in [0.2, 0.25) is 0 Å². The van der Waals surface area contributed by atoms with Crippen LogP contribution >= 0.6 is 0 Å². The lowest BCUT2D eigenvalue weighted by atomic mass is 10.1. The minimum atomic E-state index is -0.493. The van der Waals surface area contributed by atoms with Crippen LogP contribution in [0.2, 0.25) is 0 Å².